The number of nitrogens with zero attached hydrogens (tertiary/aromatic N) is 2. The highest BCUT2D eigenvalue weighted by molar-refractivity contribution is 4.82. The van der Waals surface area contributed by atoms with E-state index >= 15 is 0 Å². The molecular formula is C13H29N3O. The largest absolute Gasteiger partial charge is 0.394 e. The molecule has 4 heteroatoms. The average Bonchev–Trinajstić information content (AvgIpc) is 2.74. The van der Waals surface area contributed by atoms with Gasteiger partial charge in [0.25, 0.3) is 0 Å². The molecule has 0 amide bonds. The predicted octanol–water partition coefficient (Wildman–Crippen LogP) is 0.502. The van der Waals surface area contributed by atoms with Gasteiger partial charge in [0.1, 0.15) is 0 Å². The summed E-state index contributed by atoms with van der Waals surface area (Å²) in [4.78, 5) is 4.91. The van der Waals surface area contributed by atoms with E-state index in [0.717, 1.165) is 26.1 Å². The van der Waals surface area contributed by atoms with Crippen molar-refractivity contribution < 1.29 is 5.11 Å². The quantitative estimate of drug-likeness (QED) is 0.684. The molecule has 0 aliphatic carbocycles. The molecule has 102 valence electrons. The van der Waals surface area contributed by atoms with E-state index in [2.05, 4.69) is 23.8 Å². The van der Waals surface area contributed by atoms with Gasteiger partial charge in [0.2, 0.25) is 0 Å². The van der Waals surface area contributed by atoms with Gasteiger partial charge >= 0.3 is 0 Å². The molecule has 0 bridgehead atoms. The molecule has 1 aliphatic heterocycles. The second kappa shape index (κ2) is 6.69. The third-order valence-corrected chi connectivity index (χ3v) is 3.85. The molecular weight excluding hydrogens is 214 g/mol. The maximum Gasteiger partial charge on any atom is 0.0608 e. The van der Waals surface area contributed by atoms with Crippen molar-refractivity contribution in [2.75, 3.05) is 39.8 Å². The molecule has 0 saturated carbocycles. The fourth-order valence-corrected chi connectivity index (χ4v) is 2.49. The molecule has 3 N–H and O–H groups in total. The van der Waals surface area contributed by atoms with Crippen LogP contribution in [0, 0.1) is 0 Å². The molecule has 1 heterocycles. The first kappa shape index (κ1) is 14.9. The van der Waals surface area contributed by atoms with Crippen LogP contribution >= 0.6 is 0 Å². The zero-order valence-corrected chi connectivity index (χ0v) is 11.7. The lowest BCUT2D eigenvalue weighted by Crippen LogP contribution is -2.45. The summed E-state index contributed by atoms with van der Waals surface area (Å²) in [6.07, 6.45) is 3.49. The molecule has 0 radical (unpaired) electrons. The van der Waals surface area contributed by atoms with Crippen molar-refractivity contribution >= 4 is 0 Å². The van der Waals surface area contributed by atoms with Crippen molar-refractivity contribution in [3.8, 4) is 0 Å². The molecule has 17 heavy (non-hydrogen) atoms. The van der Waals surface area contributed by atoms with Gasteiger partial charge in [0, 0.05) is 18.1 Å². The number of hydrogen-bond donors (Lipinski definition) is 2. The van der Waals surface area contributed by atoms with Crippen LogP contribution in [0.3, 0.4) is 0 Å². The van der Waals surface area contributed by atoms with Crippen LogP contribution in [0.1, 0.15) is 33.1 Å². The van der Waals surface area contributed by atoms with Crippen LogP contribution in [-0.4, -0.2) is 66.3 Å². The van der Waals surface area contributed by atoms with Crippen LogP contribution in [0.5, 0.6) is 0 Å². The molecule has 1 saturated heterocycles. The van der Waals surface area contributed by atoms with Gasteiger partial charge in [-0.2, -0.15) is 0 Å². The van der Waals surface area contributed by atoms with Crippen LogP contribution in [0.25, 0.3) is 0 Å². The molecule has 0 spiro atoms. The third-order valence-electron chi connectivity index (χ3n) is 3.85. The normalized spacial score (nSPS) is 25.4. The van der Waals surface area contributed by atoms with Gasteiger partial charge < -0.3 is 15.7 Å². The Hall–Kier alpha value is -0.160. The van der Waals surface area contributed by atoms with Gasteiger partial charge in [-0.3, -0.25) is 4.90 Å². The summed E-state index contributed by atoms with van der Waals surface area (Å²) < 4.78 is 0. The Kier molecular flexibility index (Phi) is 5.86. The smallest absolute Gasteiger partial charge is 0.0608 e. The topological polar surface area (TPSA) is 52.7 Å². The Balaban J connectivity index is 2.27. The summed E-state index contributed by atoms with van der Waals surface area (Å²) in [5.41, 5.74) is 5.50. The summed E-state index contributed by atoms with van der Waals surface area (Å²) in [7, 11) is 2.15. The number of hydrogen-bond acceptors (Lipinski definition) is 4. The summed E-state index contributed by atoms with van der Waals surface area (Å²) >= 11 is 0. The number of aliphatic hydroxyl groups is 1. The number of likely N-dealkylation sites (N-methyl/N-ethyl adjacent to an activating group) is 2. The van der Waals surface area contributed by atoms with E-state index < -0.39 is 5.54 Å². The lowest BCUT2D eigenvalue weighted by atomic mass is 10.0. The van der Waals surface area contributed by atoms with Crippen LogP contribution < -0.4 is 5.73 Å². The fourth-order valence-electron chi connectivity index (χ4n) is 2.49. The van der Waals surface area contributed by atoms with E-state index in [9.17, 15) is 0 Å². The molecule has 1 fully saturated rings. The first-order valence-corrected chi connectivity index (χ1v) is 6.81. The number of rotatable bonds is 7. The minimum Gasteiger partial charge on any atom is -0.394 e. The van der Waals surface area contributed by atoms with E-state index in [1.54, 1.807) is 0 Å². The van der Waals surface area contributed by atoms with Crippen molar-refractivity contribution in [3.05, 3.63) is 0 Å². The molecule has 4 nitrogen and oxygen atoms in total. The van der Waals surface area contributed by atoms with Gasteiger partial charge in [-0.05, 0) is 52.9 Å². The minimum atomic E-state index is -0.436. The summed E-state index contributed by atoms with van der Waals surface area (Å²) in [6.45, 7) is 8.70. The Bertz CT molecular complexity index is 221. The van der Waals surface area contributed by atoms with E-state index in [-0.39, 0.29) is 6.61 Å². The van der Waals surface area contributed by atoms with Gasteiger partial charge in [0.15, 0.2) is 0 Å². The molecule has 1 rings (SSSR count). The Labute approximate surface area is 106 Å². The summed E-state index contributed by atoms with van der Waals surface area (Å²) in [6, 6.07) is 0.711. The third kappa shape index (κ3) is 4.92. The SMILES string of the molecule is CCN1CCCC1CN(C)CCC(C)(N)CO. The van der Waals surface area contributed by atoms with Crippen LogP contribution in [0.4, 0.5) is 0 Å². The average molecular weight is 243 g/mol. The lowest BCUT2D eigenvalue weighted by Gasteiger charge is -2.30. The minimum absolute atomic E-state index is 0.0609. The number of nitrogens with two attached hydrogens (primary N) is 1. The zero-order chi connectivity index (χ0) is 12.9. The lowest BCUT2D eigenvalue weighted by molar-refractivity contribution is 0.163. The number of likely N-dealkylation sites (tertiary alicyclic amines) is 1. The van der Waals surface area contributed by atoms with Crippen molar-refractivity contribution in [3.63, 3.8) is 0 Å². The second-order valence-corrected chi connectivity index (χ2v) is 5.75. The fraction of sp³-hybridized carbons (Fsp3) is 1.00. The van der Waals surface area contributed by atoms with Crippen LogP contribution in [0.15, 0.2) is 0 Å². The summed E-state index contributed by atoms with van der Waals surface area (Å²) in [5.74, 6) is 0. The second-order valence-electron chi connectivity index (χ2n) is 5.75. The van der Waals surface area contributed by atoms with E-state index in [1.165, 1.54) is 19.4 Å². The Morgan fingerprint density at radius 3 is 2.82 bits per heavy atom. The van der Waals surface area contributed by atoms with E-state index in [1.807, 2.05) is 6.92 Å². The highest BCUT2D eigenvalue weighted by Crippen LogP contribution is 2.17. The summed E-state index contributed by atoms with van der Waals surface area (Å²) in [5, 5.41) is 9.12. The van der Waals surface area contributed by atoms with Crippen LogP contribution in [-0.2, 0) is 0 Å². The predicted molar refractivity (Wildman–Crippen MR) is 72.1 cm³/mol. The van der Waals surface area contributed by atoms with Gasteiger partial charge in [0.05, 0.1) is 6.61 Å². The van der Waals surface area contributed by atoms with Gasteiger partial charge in [-0.25, -0.2) is 0 Å². The monoisotopic (exact) mass is 243 g/mol. The molecule has 0 aromatic carbocycles. The highest BCUT2D eigenvalue weighted by atomic mass is 16.3. The maximum atomic E-state index is 9.12. The molecule has 0 aromatic heterocycles. The van der Waals surface area contributed by atoms with Crippen molar-refractivity contribution in [2.45, 2.75) is 44.7 Å². The number of aliphatic hydroxyl groups excluding tert-OH is 1. The first-order chi connectivity index (χ1) is 7.98. The van der Waals surface area contributed by atoms with Gasteiger partial charge in [-0.1, -0.05) is 6.92 Å². The first-order valence-electron chi connectivity index (χ1n) is 6.81. The molecule has 2 unspecified atom stereocenters. The zero-order valence-electron chi connectivity index (χ0n) is 11.7. The highest BCUT2D eigenvalue weighted by Gasteiger charge is 2.24. The van der Waals surface area contributed by atoms with Crippen molar-refractivity contribution in [1.82, 2.24) is 9.80 Å². The Morgan fingerprint density at radius 2 is 2.24 bits per heavy atom. The van der Waals surface area contributed by atoms with E-state index in [4.69, 9.17) is 10.8 Å². The van der Waals surface area contributed by atoms with Crippen LogP contribution in [0.2, 0.25) is 0 Å². The standard InChI is InChI=1S/C13H29N3O/c1-4-16-8-5-6-12(16)10-15(3)9-7-13(2,14)11-17/h12,17H,4-11,14H2,1-3H3. The molecule has 1 aliphatic rings. The molecule has 2 atom stereocenters. The maximum absolute atomic E-state index is 9.12. The van der Waals surface area contributed by atoms with E-state index in [0.29, 0.717) is 6.04 Å². The van der Waals surface area contributed by atoms with Gasteiger partial charge in [-0.15, -0.1) is 0 Å². The molecule has 0 aromatic rings. The van der Waals surface area contributed by atoms with Crippen molar-refractivity contribution in [2.24, 2.45) is 5.73 Å². The Morgan fingerprint density at radius 1 is 1.53 bits per heavy atom. The van der Waals surface area contributed by atoms with Crippen molar-refractivity contribution in [1.29, 1.82) is 0 Å².